The third-order valence-corrected chi connectivity index (χ3v) is 9.67. The van der Waals surface area contributed by atoms with Gasteiger partial charge in [0.15, 0.2) is 0 Å². The highest BCUT2D eigenvalue weighted by atomic mass is 19.1. The van der Waals surface area contributed by atoms with Crippen molar-refractivity contribution in [2.75, 3.05) is 53.5 Å². The number of ether oxygens (including phenoxy) is 3. The Hall–Kier alpha value is -5.11. The molecule has 3 amide bonds. The Morgan fingerprint density at radius 2 is 1.63 bits per heavy atom. The number of fused-ring (bicyclic) bond motifs is 1. The second kappa shape index (κ2) is 15.2. The van der Waals surface area contributed by atoms with Crippen molar-refractivity contribution in [3.05, 3.63) is 76.1 Å². The van der Waals surface area contributed by atoms with Crippen LogP contribution < -0.4 is 20.3 Å². The van der Waals surface area contributed by atoms with Crippen LogP contribution in [-0.4, -0.2) is 106 Å². The molecule has 13 nitrogen and oxygen atoms in total. The number of carbonyl (C=O) groups is 2. The van der Waals surface area contributed by atoms with Gasteiger partial charge in [-0.1, -0.05) is 12.1 Å². The molecule has 0 bridgehead atoms. The Bertz CT molecular complexity index is 1970. The molecule has 4 aromatic rings. The molecule has 0 aliphatic carbocycles. The molecule has 278 valence electrons. The Morgan fingerprint density at radius 3 is 2.27 bits per heavy atom. The minimum Gasteiger partial charge on any atom is -0.497 e. The lowest BCUT2D eigenvalue weighted by atomic mass is 10.0. The molecule has 1 N–H and O–H groups in total. The van der Waals surface area contributed by atoms with E-state index in [2.05, 4.69) is 15.3 Å². The standard InChI is InChI=1S/C38H48FN7O6/c1-38(2,3)52-37(49)45-13-11-27(12-14-45)41-36(48)44-17-15-43(16-18-44)24-31-32(39)19-26(20-33(31)51-6)30-23-42(4)35(47)34-29(30)21-40-46(34)22-25-7-9-28(50-5)10-8-25/h7-10,19-21,23,27H,11-18,22,24H2,1-6H3,(H,41,48). The van der Waals surface area contributed by atoms with Crippen LogP contribution in [0.3, 0.4) is 0 Å². The lowest BCUT2D eigenvalue weighted by molar-refractivity contribution is 0.0200. The highest BCUT2D eigenvalue weighted by Crippen LogP contribution is 2.34. The number of amides is 3. The number of piperazine rings is 1. The molecule has 2 aliphatic rings. The number of likely N-dealkylation sites (tertiary alicyclic amines) is 1. The minimum atomic E-state index is -0.548. The second-order valence-electron chi connectivity index (χ2n) is 14.5. The number of hydrogen-bond donors (Lipinski definition) is 1. The first-order valence-corrected chi connectivity index (χ1v) is 17.6. The van der Waals surface area contributed by atoms with E-state index in [0.717, 1.165) is 11.3 Å². The van der Waals surface area contributed by atoms with Gasteiger partial charge in [0.05, 0.1) is 27.0 Å². The molecule has 0 unspecified atom stereocenters. The Balaban J connectivity index is 1.09. The third-order valence-electron chi connectivity index (χ3n) is 9.67. The number of piperidine rings is 1. The van der Waals surface area contributed by atoms with E-state index in [4.69, 9.17) is 14.2 Å². The molecule has 4 heterocycles. The summed E-state index contributed by atoms with van der Waals surface area (Å²) in [5, 5.41) is 8.29. The van der Waals surface area contributed by atoms with Crippen LogP contribution >= 0.6 is 0 Å². The number of nitrogens with one attached hydrogen (secondary N) is 1. The second-order valence-corrected chi connectivity index (χ2v) is 14.5. The topological polar surface area (TPSA) is 123 Å². The van der Waals surface area contributed by atoms with Crippen LogP contribution in [0.2, 0.25) is 0 Å². The monoisotopic (exact) mass is 717 g/mol. The first kappa shape index (κ1) is 36.7. The van der Waals surface area contributed by atoms with Gasteiger partial charge in [-0.3, -0.25) is 14.4 Å². The summed E-state index contributed by atoms with van der Waals surface area (Å²) < 4.78 is 35.6. The van der Waals surface area contributed by atoms with E-state index >= 15 is 4.39 Å². The van der Waals surface area contributed by atoms with Gasteiger partial charge >= 0.3 is 12.1 Å². The molecule has 2 saturated heterocycles. The Morgan fingerprint density at radius 1 is 0.942 bits per heavy atom. The van der Waals surface area contributed by atoms with E-state index in [-0.39, 0.29) is 23.7 Å². The summed E-state index contributed by atoms with van der Waals surface area (Å²) in [6.07, 6.45) is 4.35. The average Bonchev–Trinajstić information content (AvgIpc) is 3.54. The lowest BCUT2D eigenvalue weighted by Gasteiger charge is -2.37. The summed E-state index contributed by atoms with van der Waals surface area (Å²) in [5.74, 6) is 0.725. The largest absolute Gasteiger partial charge is 0.497 e. The molecule has 2 aromatic carbocycles. The van der Waals surface area contributed by atoms with Crippen LogP contribution in [0.5, 0.6) is 11.5 Å². The van der Waals surface area contributed by atoms with Gasteiger partial charge in [0.25, 0.3) is 5.56 Å². The van der Waals surface area contributed by atoms with Gasteiger partial charge in [-0.2, -0.15) is 5.10 Å². The molecular formula is C38H48FN7O6. The first-order chi connectivity index (χ1) is 24.8. The van der Waals surface area contributed by atoms with Gasteiger partial charge in [0.2, 0.25) is 0 Å². The number of hydrogen-bond acceptors (Lipinski definition) is 8. The van der Waals surface area contributed by atoms with Gasteiger partial charge in [0.1, 0.15) is 28.4 Å². The van der Waals surface area contributed by atoms with Crippen molar-refractivity contribution in [2.24, 2.45) is 7.05 Å². The maximum absolute atomic E-state index is 16.0. The number of rotatable bonds is 8. The molecule has 2 aliphatic heterocycles. The molecule has 0 atom stereocenters. The van der Waals surface area contributed by atoms with Crippen molar-refractivity contribution < 1.29 is 28.2 Å². The number of urea groups is 1. The average molecular weight is 718 g/mol. The smallest absolute Gasteiger partial charge is 0.410 e. The number of carbonyl (C=O) groups excluding carboxylic acids is 2. The van der Waals surface area contributed by atoms with Crippen LogP contribution in [0, 0.1) is 5.82 Å². The molecule has 6 rings (SSSR count). The summed E-state index contributed by atoms with van der Waals surface area (Å²) in [6.45, 7) is 9.44. The van der Waals surface area contributed by atoms with E-state index in [1.54, 1.807) is 47.1 Å². The molecule has 0 radical (unpaired) electrons. The molecule has 0 spiro atoms. The van der Waals surface area contributed by atoms with E-state index in [0.29, 0.717) is 98.5 Å². The van der Waals surface area contributed by atoms with E-state index < -0.39 is 11.4 Å². The fourth-order valence-corrected chi connectivity index (χ4v) is 6.78. The highest BCUT2D eigenvalue weighted by Gasteiger charge is 2.30. The number of nitrogens with zero attached hydrogens (tertiary/aromatic N) is 6. The van der Waals surface area contributed by atoms with Crippen LogP contribution in [0.15, 0.2) is 53.6 Å². The van der Waals surface area contributed by atoms with E-state index in [9.17, 15) is 14.4 Å². The molecule has 2 fully saturated rings. The van der Waals surface area contributed by atoms with E-state index in [1.165, 1.54) is 17.7 Å². The van der Waals surface area contributed by atoms with Gasteiger partial charge in [-0.25, -0.2) is 14.0 Å². The van der Waals surface area contributed by atoms with Gasteiger partial charge in [-0.05, 0) is 69.0 Å². The van der Waals surface area contributed by atoms with Gasteiger partial charge < -0.3 is 33.9 Å². The SMILES string of the molecule is COc1ccc(Cn2ncc3c(-c4cc(F)c(CN5CCN(C(=O)NC6CCN(C(=O)OC(C)(C)C)CC6)CC5)c(OC)c4)cn(C)c(=O)c32)cc1. The van der Waals surface area contributed by atoms with Crippen molar-refractivity contribution in [1.82, 2.24) is 34.4 Å². The molecule has 0 saturated carbocycles. The van der Waals surface area contributed by atoms with Crippen LogP contribution in [0.25, 0.3) is 22.0 Å². The predicted molar refractivity (Wildman–Crippen MR) is 195 cm³/mol. The van der Waals surface area contributed by atoms with Crippen molar-refractivity contribution in [2.45, 2.75) is 58.3 Å². The summed E-state index contributed by atoms with van der Waals surface area (Å²) in [6, 6.07) is 10.7. The maximum Gasteiger partial charge on any atom is 0.410 e. The Labute approximate surface area is 302 Å². The van der Waals surface area contributed by atoms with E-state index in [1.807, 2.05) is 45.0 Å². The number of methoxy groups -OCH3 is 2. The van der Waals surface area contributed by atoms with Crippen molar-refractivity contribution in [3.8, 4) is 22.6 Å². The van der Waals surface area contributed by atoms with Gasteiger partial charge in [-0.15, -0.1) is 0 Å². The van der Waals surface area contributed by atoms with Crippen LogP contribution in [0.4, 0.5) is 14.0 Å². The minimum absolute atomic E-state index is 0.0165. The van der Waals surface area contributed by atoms with Crippen LogP contribution in [0.1, 0.15) is 44.7 Å². The Kier molecular flexibility index (Phi) is 10.7. The predicted octanol–water partition coefficient (Wildman–Crippen LogP) is 4.83. The molecule has 2 aromatic heterocycles. The zero-order valence-corrected chi connectivity index (χ0v) is 30.8. The van der Waals surface area contributed by atoms with Crippen molar-refractivity contribution >= 4 is 23.0 Å². The summed E-state index contributed by atoms with van der Waals surface area (Å²) in [4.78, 5) is 44.4. The van der Waals surface area contributed by atoms with Crippen molar-refractivity contribution in [3.63, 3.8) is 0 Å². The third kappa shape index (κ3) is 8.17. The van der Waals surface area contributed by atoms with Crippen molar-refractivity contribution in [1.29, 1.82) is 0 Å². The molecule has 14 heteroatoms. The summed E-state index contributed by atoms with van der Waals surface area (Å²) in [5.41, 5.74) is 2.29. The number of pyridine rings is 1. The number of aryl methyl sites for hydroxylation is 1. The quantitative estimate of drug-likeness (QED) is 0.275. The lowest BCUT2D eigenvalue weighted by Crippen LogP contribution is -2.55. The zero-order valence-electron chi connectivity index (χ0n) is 30.8. The highest BCUT2D eigenvalue weighted by molar-refractivity contribution is 5.94. The number of halogens is 1. The van der Waals surface area contributed by atoms with Gasteiger partial charge in [0, 0.05) is 81.6 Å². The molecule has 52 heavy (non-hydrogen) atoms. The maximum atomic E-state index is 16.0. The number of benzene rings is 2. The summed E-state index contributed by atoms with van der Waals surface area (Å²) >= 11 is 0. The normalized spacial score (nSPS) is 15.9. The summed E-state index contributed by atoms with van der Waals surface area (Å²) in [7, 11) is 4.80. The van der Waals surface area contributed by atoms with Crippen LogP contribution in [-0.2, 0) is 24.9 Å². The first-order valence-electron chi connectivity index (χ1n) is 17.6. The molecular weight excluding hydrogens is 669 g/mol. The number of aromatic nitrogens is 3. The fraction of sp³-hybridized carbons (Fsp3) is 0.474. The fourth-order valence-electron chi connectivity index (χ4n) is 6.78. The zero-order chi connectivity index (χ0) is 37.2.